The fourth-order valence-electron chi connectivity index (χ4n) is 3.23. The first kappa shape index (κ1) is 19.0. The monoisotopic (exact) mass is 389 g/mol. The molecule has 1 unspecified atom stereocenters. The summed E-state index contributed by atoms with van der Waals surface area (Å²) in [5.74, 6) is -0.324. The quantitative estimate of drug-likeness (QED) is 0.819. The van der Waals surface area contributed by atoms with Gasteiger partial charge in [0, 0.05) is 24.5 Å². The molecule has 8 heteroatoms. The van der Waals surface area contributed by atoms with E-state index >= 15 is 0 Å². The number of rotatable bonds is 6. The van der Waals surface area contributed by atoms with Gasteiger partial charge in [0.25, 0.3) is 11.8 Å². The van der Waals surface area contributed by atoms with E-state index in [0.29, 0.717) is 12.1 Å². The Bertz CT molecular complexity index is 844. The largest absolute Gasteiger partial charge is 0.493 e. The van der Waals surface area contributed by atoms with Crippen LogP contribution < -0.4 is 15.2 Å². The number of pyridine rings is 1. The molecule has 0 saturated carbocycles. The lowest BCUT2D eigenvalue weighted by molar-refractivity contribution is -0.119. The maximum atomic E-state index is 13.1. The minimum atomic E-state index is -0.634. The standard InChI is InChI=1S/C19H20ClN3O4/c1-26-16-10-13(9-14(20)18(16)27-11-17(21)24)19(25)23-8-2-3-15(23)12-4-6-22-7-5-12/h4-7,9-10,15H,2-3,8,11H2,1H3,(H2,21,24). The summed E-state index contributed by atoms with van der Waals surface area (Å²) in [4.78, 5) is 29.9. The van der Waals surface area contributed by atoms with Crippen molar-refractivity contribution in [1.29, 1.82) is 0 Å². The topological polar surface area (TPSA) is 94.8 Å². The van der Waals surface area contributed by atoms with Gasteiger partial charge >= 0.3 is 0 Å². The van der Waals surface area contributed by atoms with Crippen molar-refractivity contribution in [2.24, 2.45) is 5.73 Å². The highest BCUT2D eigenvalue weighted by molar-refractivity contribution is 6.32. The van der Waals surface area contributed by atoms with Crippen LogP contribution >= 0.6 is 11.6 Å². The highest BCUT2D eigenvalue weighted by Crippen LogP contribution is 2.38. The first-order chi connectivity index (χ1) is 13.0. The summed E-state index contributed by atoms with van der Waals surface area (Å²) < 4.78 is 10.6. The number of halogens is 1. The molecule has 1 aromatic heterocycles. The number of amides is 2. The SMILES string of the molecule is COc1cc(C(=O)N2CCCC2c2ccncc2)cc(Cl)c1OCC(N)=O. The number of aromatic nitrogens is 1. The molecule has 27 heavy (non-hydrogen) atoms. The Balaban J connectivity index is 1.88. The Kier molecular flexibility index (Phi) is 5.81. The Morgan fingerprint density at radius 1 is 1.33 bits per heavy atom. The van der Waals surface area contributed by atoms with Crippen molar-refractivity contribution in [3.05, 3.63) is 52.8 Å². The molecule has 1 aliphatic rings. The molecular weight excluding hydrogens is 370 g/mol. The molecule has 1 fully saturated rings. The molecule has 3 rings (SSSR count). The molecular formula is C19H20ClN3O4. The number of ether oxygens (including phenoxy) is 2. The maximum absolute atomic E-state index is 13.1. The molecule has 2 aromatic rings. The Labute approximate surface area is 162 Å². The third-order valence-electron chi connectivity index (χ3n) is 4.44. The van der Waals surface area contributed by atoms with Gasteiger partial charge in [0.1, 0.15) is 0 Å². The number of benzene rings is 1. The van der Waals surface area contributed by atoms with Gasteiger partial charge in [0.15, 0.2) is 18.1 Å². The number of nitrogens with zero attached hydrogens (tertiary/aromatic N) is 2. The summed E-state index contributed by atoms with van der Waals surface area (Å²) in [5, 5.41) is 0.179. The van der Waals surface area contributed by atoms with Gasteiger partial charge in [0.05, 0.1) is 18.2 Å². The van der Waals surface area contributed by atoms with Crippen LogP contribution in [0, 0.1) is 0 Å². The van der Waals surface area contributed by atoms with Crippen LogP contribution in [-0.2, 0) is 4.79 Å². The fourth-order valence-corrected chi connectivity index (χ4v) is 3.50. The Morgan fingerprint density at radius 2 is 2.07 bits per heavy atom. The van der Waals surface area contributed by atoms with Gasteiger partial charge in [0.2, 0.25) is 0 Å². The number of nitrogens with two attached hydrogens (primary N) is 1. The molecule has 7 nitrogen and oxygen atoms in total. The van der Waals surface area contributed by atoms with Crippen LogP contribution in [0.3, 0.4) is 0 Å². The van der Waals surface area contributed by atoms with Crippen molar-refractivity contribution >= 4 is 23.4 Å². The molecule has 2 N–H and O–H groups in total. The average molecular weight is 390 g/mol. The number of likely N-dealkylation sites (tertiary alicyclic amines) is 1. The van der Waals surface area contributed by atoms with Gasteiger partial charge in [-0.3, -0.25) is 14.6 Å². The molecule has 2 amide bonds. The molecule has 1 atom stereocenters. The van der Waals surface area contributed by atoms with Crippen molar-refractivity contribution < 1.29 is 19.1 Å². The van der Waals surface area contributed by atoms with Gasteiger partial charge < -0.3 is 20.1 Å². The predicted molar refractivity (Wildman–Crippen MR) is 99.9 cm³/mol. The molecule has 1 aromatic carbocycles. The number of primary amides is 1. The number of hydrogen-bond acceptors (Lipinski definition) is 5. The average Bonchev–Trinajstić information content (AvgIpc) is 3.16. The van der Waals surface area contributed by atoms with Crippen LogP contribution in [0.15, 0.2) is 36.7 Å². The van der Waals surface area contributed by atoms with E-state index in [1.54, 1.807) is 18.5 Å². The number of methoxy groups -OCH3 is 1. The van der Waals surface area contributed by atoms with Crippen molar-refractivity contribution in [3.63, 3.8) is 0 Å². The second-order valence-electron chi connectivity index (χ2n) is 6.18. The zero-order chi connectivity index (χ0) is 19.4. The number of carbonyl (C=O) groups excluding carboxylic acids is 2. The van der Waals surface area contributed by atoms with Crippen LogP contribution in [0.25, 0.3) is 0 Å². The van der Waals surface area contributed by atoms with Gasteiger partial charge in [-0.15, -0.1) is 0 Å². The van der Waals surface area contributed by atoms with Crippen LogP contribution in [0.2, 0.25) is 5.02 Å². The maximum Gasteiger partial charge on any atom is 0.255 e. The molecule has 1 saturated heterocycles. The minimum Gasteiger partial charge on any atom is -0.493 e. The minimum absolute atomic E-state index is 0.00365. The summed E-state index contributed by atoms with van der Waals surface area (Å²) in [7, 11) is 1.44. The third kappa shape index (κ3) is 4.14. The van der Waals surface area contributed by atoms with Crippen LogP contribution in [-0.4, -0.2) is 42.0 Å². The molecule has 1 aliphatic heterocycles. The summed E-state index contributed by atoms with van der Waals surface area (Å²) in [6.45, 7) is 0.325. The van der Waals surface area contributed by atoms with E-state index in [9.17, 15) is 9.59 Å². The molecule has 0 radical (unpaired) electrons. The van der Waals surface area contributed by atoms with E-state index < -0.39 is 5.91 Å². The zero-order valence-corrected chi connectivity index (χ0v) is 15.6. The van der Waals surface area contributed by atoms with E-state index in [0.717, 1.165) is 18.4 Å². The lowest BCUT2D eigenvalue weighted by Gasteiger charge is -2.25. The van der Waals surface area contributed by atoms with Crippen molar-refractivity contribution in [1.82, 2.24) is 9.88 Å². The molecule has 0 bridgehead atoms. The molecule has 0 spiro atoms. The summed E-state index contributed by atoms with van der Waals surface area (Å²) in [6, 6.07) is 6.92. The van der Waals surface area contributed by atoms with Crippen LogP contribution in [0.5, 0.6) is 11.5 Å². The van der Waals surface area contributed by atoms with Gasteiger partial charge in [-0.25, -0.2) is 0 Å². The van der Waals surface area contributed by atoms with E-state index in [1.165, 1.54) is 13.2 Å². The zero-order valence-electron chi connectivity index (χ0n) is 14.9. The number of carbonyl (C=O) groups is 2. The van der Waals surface area contributed by atoms with Gasteiger partial charge in [-0.05, 0) is 42.7 Å². The highest BCUT2D eigenvalue weighted by Gasteiger charge is 2.31. The first-order valence-corrected chi connectivity index (χ1v) is 8.88. The van der Waals surface area contributed by atoms with E-state index in [-0.39, 0.29) is 35.1 Å². The normalized spacial score (nSPS) is 16.2. The van der Waals surface area contributed by atoms with E-state index in [1.807, 2.05) is 17.0 Å². The Morgan fingerprint density at radius 3 is 2.74 bits per heavy atom. The van der Waals surface area contributed by atoms with Crippen LogP contribution in [0.1, 0.15) is 34.8 Å². The van der Waals surface area contributed by atoms with Gasteiger partial charge in [-0.2, -0.15) is 0 Å². The van der Waals surface area contributed by atoms with Crippen molar-refractivity contribution in [2.75, 3.05) is 20.3 Å². The molecule has 2 heterocycles. The fraction of sp³-hybridized carbons (Fsp3) is 0.316. The van der Waals surface area contributed by atoms with Crippen LogP contribution in [0.4, 0.5) is 0 Å². The third-order valence-corrected chi connectivity index (χ3v) is 4.72. The molecule has 142 valence electrons. The summed E-state index contributed by atoms with van der Waals surface area (Å²) in [6.07, 6.45) is 5.26. The second-order valence-corrected chi connectivity index (χ2v) is 6.59. The Hall–Kier alpha value is -2.80. The lowest BCUT2D eigenvalue weighted by Crippen LogP contribution is -2.30. The van der Waals surface area contributed by atoms with Crippen molar-refractivity contribution in [2.45, 2.75) is 18.9 Å². The van der Waals surface area contributed by atoms with Crippen molar-refractivity contribution in [3.8, 4) is 11.5 Å². The van der Waals surface area contributed by atoms with E-state index in [2.05, 4.69) is 4.98 Å². The summed E-state index contributed by atoms with van der Waals surface area (Å²) >= 11 is 6.26. The first-order valence-electron chi connectivity index (χ1n) is 8.50. The lowest BCUT2D eigenvalue weighted by atomic mass is 10.1. The smallest absolute Gasteiger partial charge is 0.255 e. The summed E-state index contributed by atoms with van der Waals surface area (Å²) in [5.41, 5.74) is 6.54. The van der Waals surface area contributed by atoms with Gasteiger partial charge in [-0.1, -0.05) is 11.6 Å². The number of hydrogen-bond donors (Lipinski definition) is 1. The highest BCUT2D eigenvalue weighted by atomic mass is 35.5. The molecule has 0 aliphatic carbocycles. The second kappa shape index (κ2) is 8.26. The predicted octanol–water partition coefficient (Wildman–Crippen LogP) is 2.58. The van der Waals surface area contributed by atoms with E-state index in [4.69, 9.17) is 26.8 Å².